The van der Waals surface area contributed by atoms with E-state index in [1.54, 1.807) is 0 Å². The molecule has 0 atom stereocenters. The van der Waals surface area contributed by atoms with Gasteiger partial charge in [-0.2, -0.15) is 0 Å². The zero-order valence-electron chi connectivity index (χ0n) is 17.5. The van der Waals surface area contributed by atoms with E-state index in [0.29, 0.717) is 0 Å². The number of hydrogen-bond donors (Lipinski definition) is 0. The van der Waals surface area contributed by atoms with Crippen molar-refractivity contribution in [1.82, 2.24) is 0 Å². The van der Waals surface area contributed by atoms with Gasteiger partial charge in [-0.3, -0.25) is 20.2 Å². The molecule has 1 aliphatic carbocycles. The number of nitro benzene ring substituents is 2. The van der Waals surface area contributed by atoms with Gasteiger partial charge in [0, 0.05) is 29.3 Å². The van der Waals surface area contributed by atoms with E-state index >= 15 is 0 Å². The fourth-order valence-electron chi connectivity index (χ4n) is 4.66. The van der Waals surface area contributed by atoms with E-state index in [2.05, 4.69) is 31.8 Å². The maximum atomic E-state index is 11.1. The van der Waals surface area contributed by atoms with Crippen LogP contribution in [0.15, 0.2) is 78.9 Å². The maximum Gasteiger partial charge on any atom is 0.269 e. The lowest BCUT2D eigenvalue weighted by Gasteiger charge is -2.34. The highest BCUT2D eigenvalue weighted by atomic mass is 28.3. The van der Waals surface area contributed by atoms with E-state index in [0.717, 1.165) is 22.3 Å². The average Bonchev–Trinajstić information content (AvgIpc) is 3.46. The van der Waals surface area contributed by atoms with Crippen molar-refractivity contribution in [2.24, 2.45) is 0 Å². The Balaban J connectivity index is 1.93. The number of nitrogens with zero attached hydrogens (tertiary/aromatic N) is 2. The van der Waals surface area contributed by atoms with Gasteiger partial charge >= 0.3 is 0 Å². The van der Waals surface area contributed by atoms with Crippen molar-refractivity contribution < 1.29 is 9.85 Å². The van der Waals surface area contributed by atoms with E-state index in [1.807, 2.05) is 42.5 Å². The second-order valence-corrected chi connectivity index (χ2v) is 14.0. The highest BCUT2D eigenvalue weighted by Gasteiger charge is 2.62. The second-order valence-electron chi connectivity index (χ2n) is 8.72. The van der Waals surface area contributed by atoms with Crippen LogP contribution in [0.1, 0.15) is 16.7 Å². The summed E-state index contributed by atoms with van der Waals surface area (Å²) >= 11 is 0. The molecule has 0 saturated heterocycles. The van der Waals surface area contributed by atoms with Crippen molar-refractivity contribution in [2.75, 3.05) is 0 Å². The van der Waals surface area contributed by atoms with Crippen LogP contribution in [0.2, 0.25) is 19.6 Å². The molecule has 0 fully saturated rings. The largest absolute Gasteiger partial charge is 0.269 e. The van der Waals surface area contributed by atoms with Gasteiger partial charge in [-0.05, 0) is 52.1 Å². The van der Waals surface area contributed by atoms with Crippen LogP contribution in [0.3, 0.4) is 0 Å². The highest BCUT2D eigenvalue weighted by molar-refractivity contribution is 6.86. The van der Waals surface area contributed by atoms with Gasteiger partial charge in [0.15, 0.2) is 0 Å². The van der Waals surface area contributed by atoms with Crippen molar-refractivity contribution in [3.63, 3.8) is 0 Å². The van der Waals surface area contributed by atoms with Crippen molar-refractivity contribution in [3.8, 4) is 0 Å². The van der Waals surface area contributed by atoms with Gasteiger partial charge in [-0.25, -0.2) is 0 Å². The molecule has 6 nitrogen and oxygen atoms in total. The predicted octanol–water partition coefficient (Wildman–Crippen LogP) is 6.24. The Labute approximate surface area is 181 Å². The summed E-state index contributed by atoms with van der Waals surface area (Å²) in [5.74, 6) is 0. The molecule has 0 unspecified atom stereocenters. The minimum atomic E-state index is -1.92. The second kappa shape index (κ2) is 7.28. The number of rotatable bonds is 6. The lowest BCUT2D eigenvalue weighted by atomic mass is 9.99. The fourth-order valence-corrected chi connectivity index (χ4v) is 7.67. The number of allylic oxidation sites excluding steroid dienone is 2. The number of nitro groups is 2. The van der Waals surface area contributed by atoms with Crippen molar-refractivity contribution in [3.05, 3.63) is 116 Å². The molecule has 0 aliphatic heterocycles. The molecular weight excluding hydrogens is 408 g/mol. The summed E-state index contributed by atoms with van der Waals surface area (Å²) in [6.07, 6.45) is 0. The Morgan fingerprint density at radius 2 is 1.03 bits per heavy atom. The number of benzene rings is 3. The fraction of sp³-hybridized carbons (Fsp3) is 0.167. The van der Waals surface area contributed by atoms with Crippen LogP contribution in [0.4, 0.5) is 11.4 Å². The van der Waals surface area contributed by atoms with Crippen molar-refractivity contribution in [1.29, 1.82) is 0 Å². The molecular formula is C24H22N2O4Si. The average molecular weight is 431 g/mol. The molecule has 1 aliphatic rings. The first-order valence-electron chi connectivity index (χ1n) is 9.98. The molecule has 0 radical (unpaired) electrons. The number of non-ortho nitro benzene ring substituents is 2. The van der Waals surface area contributed by atoms with E-state index in [-0.39, 0.29) is 16.4 Å². The first-order chi connectivity index (χ1) is 14.7. The minimum absolute atomic E-state index is 0.0557. The van der Waals surface area contributed by atoms with Crippen LogP contribution in [-0.2, 0) is 5.04 Å². The van der Waals surface area contributed by atoms with Gasteiger partial charge in [0.1, 0.15) is 0 Å². The van der Waals surface area contributed by atoms with Crippen LogP contribution >= 0.6 is 0 Å². The minimum Gasteiger partial charge on any atom is -0.258 e. The molecule has 0 aromatic heterocycles. The molecule has 0 heterocycles. The van der Waals surface area contributed by atoms with Crippen LogP contribution in [0.5, 0.6) is 0 Å². The van der Waals surface area contributed by atoms with Gasteiger partial charge in [-0.1, -0.05) is 50.0 Å². The lowest BCUT2D eigenvalue weighted by Crippen LogP contribution is -2.42. The van der Waals surface area contributed by atoms with Gasteiger partial charge in [0.2, 0.25) is 0 Å². The molecule has 7 heteroatoms. The highest BCUT2D eigenvalue weighted by Crippen LogP contribution is 2.68. The molecule has 0 amide bonds. The lowest BCUT2D eigenvalue weighted by molar-refractivity contribution is -0.385. The zero-order chi connectivity index (χ0) is 22.4. The summed E-state index contributed by atoms with van der Waals surface area (Å²) < 4.78 is 0. The first-order valence-corrected chi connectivity index (χ1v) is 13.5. The molecule has 0 spiro atoms. The summed E-state index contributed by atoms with van der Waals surface area (Å²) in [5, 5.41) is 22.0. The van der Waals surface area contributed by atoms with E-state index in [4.69, 9.17) is 0 Å². The van der Waals surface area contributed by atoms with Gasteiger partial charge < -0.3 is 0 Å². The third-order valence-electron chi connectivity index (χ3n) is 6.00. The summed E-state index contributed by atoms with van der Waals surface area (Å²) in [5.41, 5.74) is 5.51. The smallest absolute Gasteiger partial charge is 0.258 e. The zero-order valence-corrected chi connectivity index (χ0v) is 18.5. The summed E-state index contributed by atoms with van der Waals surface area (Å²) in [4.78, 5) is 21.5. The predicted molar refractivity (Wildman–Crippen MR) is 124 cm³/mol. The number of hydrogen-bond acceptors (Lipinski definition) is 4. The molecule has 31 heavy (non-hydrogen) atoms. The van der Waals surface area contributed by atoms with Crippen molar-refractivity contribution in [2.45, 2.75) is 24.7 Å². The molecule has 3 aromatic rings. The molecule has 0 N–H and O–H groups in total. The summed E-state index contributed by atoms with van der Waals surface area (Å²) in [6, 6.07) is 23.7. The monoisotopic (exact) mass is 430 g/mol. The quantitative estimate of drug-likeness (QED) is 0.263. The Morgan fingerprint density at radius 1 is 0.645 bits per heavy atom. The molecule has 156 valence electrons. The molecule has 4 rings (SSSR count). The Kier molecular flexibility index (Phi) is 4.86. The maximum absolute atomic E-state index is 11.1. The molecule has 0 saturated carbocycles. The van der Waals surface area contributed by atoms with Gasteiger partial charge in [0.25, 0.3) is 11.4 Å². The molecule has 0 bridgehead atoms. The van der Waals surface area contributed by atoms with Crippen LogP contribution in [-0.4, -0.2) is 17.9 Å². The van der Waals surface area contributed by atoms with Crippen molar-refractivity contribution >= 4 is 30.6 Å². The van der Waals surface area contributed by atoms with E-state index in [9.17, 15) is 20.2 Å². The van der Waals surface area contributed by atoms with E-state index in [1.165, 1.54) is 29.8 Å². The van der Waals surface area contributed by atoms with Crippen LogP contribution in [0, 0.1) is 20.2 Å². The Morgan fingerprint density at radius 3 is 1.35 bits per heavy atom. The first kappa shape index (κ1) is 20.7. The standard InChI is InChI=1S/C24H22N2O4Si/c1-31(2,3)24(19-7-5-4-6-8-19)22(17-9-13-20(14-10-17)25(27)28)23(24)18-11-15-21(16-12-18)26(29)30/h4-16H,1-3H3. The van der Waals surface area contributed by atoms with Crippen LogP contribution in [0.25, 0.3) is 11.1 Å². The topological polar surface area (TPSA) is 86.3 Å². The molecule has 3 aromatic carbocycles. The third kappa shape index (κ3) is 3.27. The summed E-state index contributed by atoms with van der Waals surface area (Å²) in [7, 11) is -1.92. The van der Waals surface area contributed by atoms with Gasteiger partial charge in [0.05, 0.1) is 17.9 Å². The Hall–Kier alpha value is -3.58. The Bertz CT molecular complexity index is 1130. The third-order valence-corrected chi connectivity index (χ3v) is 9.04. The SMILES string of the molecule is C[Si](C)(C)C1(c2ccccc2)C(c2ccc([N+](=O)[O-])cc2)=C1c1ccc([N+](=O)[O-])cc1. The normalized spacial score (nSPS) is 14.9. The van der Waals surface area contributed by atoms with Crippen LogP contribution < -0.4 is 0 Å². The van der Waals surface area contributed by atoms with Gasteiger partial charge in [-0.15, -0.1) is 0 Å². The summed E-state index contributed by atoms with van der Waals surface area (Å²) in [6.45, 7) is 6.93. The van der Waals surface area contributed by atoms with E-state index < -0.39 is 17.9 Å².